The minimum Gasteiger partial charge on any atom is -0.385 e. The van der Waals surface area contributed by atoms with E-state index >= 15 is 0 Å². The van der Waals surface area contributed by atoms with Gasteiger partial charge in [-0.2, -0.15) is 15.0 Å². The number of hydrogen-bond donors (Lipinski definition) is 2. The van der Waals surface area contributed by atoms with Gasteiger partial charge in [0.15, 0.2) is 5.16 Å². The van der Waals surface area contributed by atoms with Gasteiger partial charge in [0, 0.05) is 32.6 Å². The third kappa shape index (κ3) is 4.44. The van der Waals surface area contributed by atoms with Crippen LogP contribution in [0.2, 0.25) is 0 Å². The first-order chi connectivity index (χ1) is 9.83. The Morgan fingerprint density at radius 3 is 2.85 bits per heavy atom. The van der Waals surface area contributed by atoms with Gasteiger partial charge >= 0.3 is 0 Å². The third-order valence-electron chi connectivity index (χ3n) is 2.75. The van der Waals surface area contributed by atoms with Crippen LogP contribution in [0.25, 0.3) is 0 Å². The van der Waals surface area contributed by atoms with Crippen LogP contribution in [-0.4, -0.2) is 60.7 Å². The fourth-order valence-corrected chi connectivity index (χ4v) is 2.49. The molecule has 8 nitrogen and oxygen atoms in total. The van der Waals surface area contributed by atoms with Crippen molar-refractivity contribution in [3.05, 3.63) is 0 Å². The predicted molar refractivity (Wildman–Crippen MR) is 77.9 cm³/mol. The van der Waals surface area contributed by atoms with Crippen LogP contribution in [0.4, 0.5) is 11.9 Å². The zero-order valence-electron chi connectivity index (χ0n) is 11.5. The number of anilines is 2. The van der Waals surface area contributed by atoms with E-state index in [9.17, 15) is 0 Å². The Hall–Kier alpha value is -1.16. The Morgan fingerprint density at radius 1 is 1.35 bits per heavy atom. The largest absolute Gasteiger partial charge is 0.385 e. The van der Waals surface area contributed by atoms with Crippen LogP contribution in [0.1, 0.15) is 6.42 Å². The number of aromatic nitrogens is 3. The minimum atomic E-state index is 0.385. The minimum absolute atomic E-state index is 0.385. The highest BCUT2D eigenvalue weighted by Gasteiger charge is 2.16. The van der Waals surface area contributed by atoms with Crippen LogP contribution in [0.5, 0.6) is 0 Å². The van der Waals surface area contributed by atoms with Crippen LogP contribution in [0.15, 0.2) is 5.16 Å². The Kier molecular flexibility index (Phi) is 6.25. The molecule has 2 heterocycles. The zero-order valence-corrected chi connectivity index (χ0v) is 12.4. The highest BCUT2D eigenvalue weighted by Crippen LogP contribution is 2.19. The van der Waals surface area contributed by atoms with E-state index in [1.807, 2.05) is 0 Å². The first-order valence-corrected chi connectivity index (χ1v) is 7.49. The highest BCUT2D eigenvalue weighted by atomic mass is 32.2. The van der Waals surface area contributed by atoms with Crippen LogP contribution in [0, 0.1) is 0 Å². The molecule has 0 unspecified atom stereocenters. The number of methoxy groups -OCH3 is 1. The summed E-state index contributed by atoms with van der Waals surface area (Å²) < 4.78 is 10.4. The van der Waals surface area contributed by atoms with E-state index in [0.29, 0.717) is 30.3 Å². The van der Waals surface area contributed by atoms with E-state index in [4.69, 9.17) is 15.3 Å². The molecule has 1 saturated heterocycles. The molecule has 0 radical (unpaired) electrons. The predicted octanol–water partition coefficient (Wildman–Crippen LogP) is 0.122. The molecule has 0 aromatic carbocycles. The van der Waals surface area contributed by atoms with Gasteiger partial charge in [0.25, 0.3) is 0 Å². The second-order valence-corrected chi connectivity index (χ2v) is 5.24. The number of nitrogens with two attached hydrogens (primary N) is 1. The molecular weight excluding hydrogens is 280 g/mol. The maximum Gasteiger partial charge on any atom is 0.242 e. The van der Waals surface area contributed by atoms with Crippen LogP contribution >= 0.6 is 11.8 Å². The molecule has 1 aromatic rings. The molecular formula is C11H20N6O2S. The van der Waals surface area contributed by atoms with Crippen molar-refractivity contribution in [1.29, 1.82) is 0 Å². The summed E-state index contributed by atoms with van der Waals surface area (Å²) in [7, 11) is 1.70. The smallest absolute Gasteiger partial charge is 0.242 e. The molecule has 3 N–H and O–H groups in total. The fourth-order valence-electron chi connectivity index (χ4n) is 1.75. The monoisotopic (exact) mass is 300 g/mol. The number of hydrazine groups is 1. The second kappa shape index (κ2) is 8.20. The third-order valence-corrected chi connectivity index (χ3v) is 3.68. The molecule has 1 fully saturated rings. The van der Waals surface area contributed by atoms with Gasteiger partial charge in [0.1, 0.15) is 0 Å². The fraction of sp³-hybridized carbons (Fsp3) is 0.727. The van der Waals surface area contributed by atoms with Crippen molar-refractivity contribution in [1.82, 2.24) is 15.0 Å². The van der Waals surface area contributed by atoms with Gasteiger partial charge in [0.05, 0.1) is 13.2 Å². The number of morpholine rings is 1. The number of ether oxygens (including phenoxy) is 2. The summed E-state index contributed by atoms with van der Waals surface area (Å²) in [4.78, 5) is 15.1. The molecule has 2 rings (SSSR count). The maximum absolute atomic E-state index is 5.42. The van der Waals surface area contributed by atoms with E-state index in [-0.39, 0.29) is 0 Å². The summed E-state index contributed by atoms with van der Waals surface area (Å²) in [5.74, 6) is 7.34. The number of nitrogens with one attached hydrogen (secondary N) is 1. The SMILES string of the molecule is COCCCSc1nc(NN)nc(N2CCOCC2)n1. The summed E-state index contributed by atoms with van der Waals surface area (Å²) in [6.07, 6.45) is 0.950. The van der Waals surface area contributed by atoms with Gasteiger partial charge in [-0.1, -0.05) is 11.8 Å². The van der Waals surface area contributed by atoms with E-state index in [1.54, 1.807) is 18.9 Å². The zero-order chi connectivity index (χ0) is 14.2. The van der Waals surface area contributed by atoms with E-state index in [1.165, 1.54) is 0 Å². The summed E-state index contributed by atoms with van der Waals surface area (Å²) >= 11 is 1.57. The molecule has 1 aliphatic heterocycles. The number of thioether (sulfide) groups is 1. The van der Waals surface area contributed by atoms with E-state index in [2.05, 4.69) is 25.3 Å². The molecule has 9 heteroatoms. The molecule has 0 amide bonds. The van der Waals surface area contributed by atoms with E-state index < -0.39 is 0 Å². The lowest BCUT2D eigenvalue weighted by atomic mass is 10.4. The molecule has 1 aliphatic rings. The highest BCUT2D eigenvalue weighted by molar-refractivity contribution is 7.99. The summed E-state index contributed by atoms with van der Waals surface area (Å²) in [6.45, 7) is 3.67. The molecule has 112 valence electrons. The van der Waals surface area contributed by atoms with Gasteiger partial charge in [-0.25, -0.2) is 5.84 Å². The molecule has 0 aliphatic carbocycles. The first kappa shape index (κ1) is 15.2. The van der Waals surface area contributed by atoms with E-state index in [0.717, 1.165) is 31.9 Å². The number of nitrogen functional groups attached to an aromatic ring is 1. The Labute approximate surface area is 122 Å². The molecule has 0 atom stereocenters. The van der Waals surface area contributed by atoms with Gasteiger partial charge in [-0.3, -0.25) is 5.43 Å². The Morgan fingerprint density at radius 2 is 2.15 bits per heavy atom. The number of nitrogens with zero attached hydrogens (tertiary/aromatic N) is 4. The molecule has 1 aromatic heterocycles. The first-order valence-electron chi connectivity index (χ1n) is 6.50. The lowest BCUT2D eigenvalue weighted by Crippen LogP contribution is -2.37. The van der Waals surface area contributed by atoms with Crippen molar-refractivity contribution in [2.45, 2.75) is 11.6 Å². The van der Waals surface area contributed by atoms with Crippen LogP contribution in [-0.2, 0) is 9.47 Å². The van der Waals surface area contributed by atoms with Gasteiger partial charge < -0.3 is 14.4 Å². The van der Waals surface area contributed by atoms with Crippen molar-refractivity contribution < 1.29 is 9.47 Å². The topological polar surface area (TPSA) is 98.4 Å². The lowest BCUT2D eigenvalue weighted by Gasteiger charge is -2.26. The number of rotatable bonds is 7. The van der Waals surface area contributed by atoms with Crippen molar-refractivity contribution >= 4 is 23.7 Å². The number of hydrogen-bond acceptors (Lipinski definition) is 9. The van der Waals surface area contributed by atoms with Crippen LogP contribution < -0.4 is 16.2 Å². The summed E-state index contributed by atoms with van der Waals surface area (Å²) in [6, 6.07) is 0. The Bertz CT molecular complexity index is 416. The van der Waals surface area contributed by atoms with Gasteiger partial charge in [0.2, 0.25) is 11.9 Å². The summed E-state index contributed by atoms with van der Waals surface area (Å²) in [5.41, 5.74) is 2.49. The molecule has 0 spiro atoms. The summed E-state index contributed by atoms with van der Waals surface area (Å²) in [5, 5.41) is 0.672. The average molecular weight is 300 g/mol. The van der Waals surface area contributed by atoms with Crippen molar-refractivity contribution in [3.63, 3.8) is 0 Å². The lowest BCUT2D eigenvalue weighted by molar-refractivity contribution is 0.122. The maximum atomic E-state index is 5.42. The van der Waals surface area contributed by atoms with Gasteiger partial charge in [-0.15, -0.1) is 0 Å². The normalized spacial score (nSPS) is 15.4. The molecule has 0 bridgehead atoms. The van der Waals surface area contributed by atoms with Crippen molar-refractivity contribution in [2.75, 3.05) is 56.1 Å². The quantitative estimate of drug-likeness (QED) is 0.315. The van der Waals surface area contributed by atoms with Crippen molar-refractivity contribution in [2.24, 2.45) is 5.84 Å². The van der Waals surface area contributed by atoms with Crippen LogP contribution in [0.3, 0.4) is 0 Å². The molecule has 20 heavy (non-hydrogen) atoms. The van der Waals surface area contributed by atoms with Crippen molar-refractivity contribution in [3.8, 4) is 0 Å². The Balaban J connectivity index is 2.03. The molecule has 0 saturated carbocycles. The van der Waals surface area contributed by atoms with Gasteiger partial charge in [-0.05, 0) is 6.42 Å². The second-order valence-electron chi connectivity index (χ2n) is 4.18. The standard InChI is InChI=1S/C11H20N6O2S/c1-18-5-2-8-20-11-14-9(16-12)13-10(15-11)17-3-6-19-7-4-17/h2-8,12H2,1H3,(H,13,14,15,16). The average Bonchev–Trinajstić information content (AvgIpc) is 2.52.